The van der Waals surface area contributed by atoms with Gasteiger partial charge < -0.3 is 39.4 Å². The molecular weight excluding hydrogens is 847 g/mol. The molecule has 3 saturated heterocycles. The number of hydrogen-bond acceptors (Lipinski definition) is 17. The van der Waals surface area contributed by atoms with Crippen LogP contribution in [0, 0.1) is 29.6 Å². The number of esters is 1. The number of rotatable bonds is 8. The number of amides is 1. The highest BCUT2D eigenvalue weighted by molar-refractivity contribution is 7.93. The van der Waals surface area contributed by atoms with E-state index in [9.17, 15) is 28.2 Å². The second-order valence-corrected chi connectivity index (χ2v) is 17.4. The van der Waals surface area contributed by atoms with Gasteiger partial charge in [-0.15, -0.1) is 5.10 Å². The highest BCUT2D eigenvalue weighted by atomic mass is 32.2. The number of nitrogens with zero attached hydrogens (tertiary/aromatic N) is 7. The predicted molar refractivity (Wildman–Crippen MR) is 228 cm³/mol. The number of carbonyl (C=O) groups excluding carboxylic acids is 4. The van der Waals surface area contributed by atoms with Crippen molar-refractivity contribution in [2.45, 2.75) is 141 Å². The molecule has 0 saturated carbocycles. The molecule has 0 spiro atoms. The molecule has 1 amide bonds. The second-order valence-electron chi connectivity index (χ2n) is 17.1. The summed E-state index contributed by atoms with van der Waals surface area (Å²) in [6, 6.07) is 0.0997. The van der Waals surface area contributed by atoms with Crippen LogP contribution in [0.2, 0.25) is 0 Å². The van der Waals surface area contributed by atoms with E-state index in [0.717, 1.165) is 6.92 Å². The molecule has 5 rings (SSSR count). The normalized spacial score (nSPS) is 35.4. The van der Waals surface area contributed by atoms with Crippen LogP contribution < -0.4 is 5.73 Å². The third-order valence-corrected chi connectivity index (χ3v) is 12.2. The van der Waals surface area contributed by atoms with Crippen molar-refractivity contribution >= 4 is 41.6 Å². The summed E-state index contributed by atoms with van der Waals surface area (Å²) in [6.07, 6.45) is -1.34. The topological polar surface area (TPSA) is 224 Å². The van der Waals surface area contributed by atoms with E-state index in [1.807, 2.05) is 25.9 Å². The minimum atomic E-state index is -3.22. The number of anilines is 1. The molecule has 350 valence electrons. The van der Waals surface area contributed by atoms with Crippen molar-refractivity contribution in [2.75, 3.05) is 39.7 Å². The number of ketones is 2. The predicted octanol–water partition coefficient (Wildman–Crippen LogP) is 3.85. The van der Waals surface area contributed by atoms with Crippen molar-refractivity contribution in [3.05, 3.63) is 18.5 Å². The summed E-state index contributed by atoms with van der Waals surface area (Å²) < 4.78 is 58.9. The minimum absolute atomic E-state index is 0.0306. The molecule has 0 aromatic carbocycles. The number of likely N-dealkylation sites (N-methyl/N-ethyl adjacent to an activating group) is 1. The molecule has 5 heterocycles. The van der Waals surface area contributed by atoms with Gasteiger partial charge >= 0.3 is 12.1 Å². The summed E-state index contributed by atoms with van der Waals surface area (Å²) in [4.78, 5) is 68.0. The minimum Gasteiger partial charge on any atom is -0.455 e. The van der Waals surface area contributed by atoms with Gasteiger partial charge in [-0.1, -0.05) is 44.7 Å². The molecule has 13 atom stereocenters. The lowest BCUT2D eigenvalue weighted by atomic mass is 9.73. The fourth-order valence-electron chi connectivity index (χ4n) is 8.90. The number of halogens is 2. The summed E-state index contributed by atoms with van der Waals surface area (Å²) in [5.41, 5.74) is -0.251. The van der Waals surface area contributed by atoms with E-state index in [0.29, 0.717) is 12.1 Å². The molecular formula is C42H62F2N8O10S. The molecule has 21 heteroatoms. The monoisotopic (exact) mass is 908 g/mol. The zero-order valence-electron chi connectivity index (χ0n) is 38.0. The van der Waals surface area contributed by atoms with Crippen LogP contribution in [-0.2, 0) is 44.6 Å². The molecule has 63 heavy (non-hydrogen) atoms. The van der Waals surface area contributed by atoms with Crippen LogP contribution in [0.5, 0.6) is 0 Å². The number of aliphatic hydroxyl groups excluding tert-OH is 1. The lowest BCUT2D eigenvalue weighted by Gasteiger charge is -2.47. The first-order chi connectivity index (χ1) is 29.5. The first-order valence-electron chi connectivity index (χ1n) is 20.8. The zero-order valence-corrected chi connectivity index (χ0v) is 38.9. The van der Waals surface area contributed by atoms with Crippen LogP contribution in [0.1, 0.15) is 74.7 Å². The molecule has 0 radical (unpaired) electrons. The number of hydrogen-bond donors (Lipinski definition) is 2. The summed E-state index contributed by atoms with van der Waals surface area (Å²) in [6.45, 7) is 12.1. The van der Waals surface area contributed by atoms with Gasteiger partial charge in [-0.3, -0.25) is 14.5 Å². The Kier molecular flexibility index (Phi) is 17.2. The number of aromatic nitrogens is 5. The molecule has 2 aromatic heterocycles. The first kappa shape index (κ1) is 51.3. The van der Waals surface area contributed by atoms with Crippen molar-refractivity contribution in [1.29, 1.82) is 0 Å². The Bertz CT molecular complexity index is 2000. The third kappa shape index (κ3) is 11.1. The Morgan fingerprint density at radius 3 is 2.35 bits per heavy atom. The zero-order chi connectivity index (χ0) is 47.2. The first-order valence-corrected chi connectivity index (χ1v) is 21.9. The van der Waals surface area contributed by atoms with Crippen LogP contribution in [0.15, 0.2) is 18.5 Å². The average Bonchev–Trinajstić information content (AvgIpc) is 3.81. The summed E-state index contributed by atoms with van der Waals surface area (Å²) in [5.74, 6) is 0.337. The summed E-state index contributed by atoms with van der Waals surface area (Å²) in [5, 5.41) is 19.5. The third-order valence-electron chi connectivity index (χ3n) is 12.2. The van der Waals surface area contributed by atoms with E-state index in [1.165, 1.54) is 43.0 Å². The summed E-state index contributed by atoms with van der Waals surface area (Å²) >= 11 is 0.250. The van der Waals surface area contributed by atoms with Crippen molar-refractivity contribution in [2.24, 2.45) is 17.8 Å². The molecule has 3 aliphatic heterocycles. The van der Waals surface area contributed by atoms with E-state index < -0.39 is 83.1 Å². The van der Waals surface area contributed by atoms with Crippen LogP contribution >= 0.6 is 12.1 Å². The van der Waals surface area contributed by atoms with Gasteiger partial charge in [0.05, 0.1) is 36.6 Å². The lowest BCUT2D eigenvalue weighted by Crippen LogP contribution is -2.61. The van der Waals surface area contributed by atoms with Crippen LogP contribution in [0.25, 0.3) is 11.5 Å². The van der Waals surface area contributed by atoms with Crippen molar-refractivity contribution in [1.82, 2.24) is 34.8 Å². The maximum Gasteiger partial charge on any atom is 0.411 e. The Labute approximate surface area is 371 Å². The Balaban J connectivity index is 0.00000282. The van der Waals surface area contributed by atoms with E-state index in [-0.39, 0.29) is 67.7 Å². The lowest BCUT2D eigenvalue weighted by molar-refractivity contribution is -0.295. The van der Waals surface area contributed by atoms with Gasteiger partial charge in [-0.2, -0.15) is 3.89 Å². The second kappa shape index (κ2) is 21.1. The van der Waals surface area contributed by atoms with Crippen LogP contribution in [-0.4, -0.2) is 157 Å². The maximum absolute atomic E-state index is 16.9. The van der Waals surface area contributed by atoms with Gasteiger partial charge in [0.1, 0.15) is 36.0 Å². The number of nitrogens with two attached hydrogens (primary N) is 1. The number of fused-ring (bicyclic) bond motifs is 1. The van der Waals surface area contributed by atoms with Crippen molar-refractivity contribution in [3.8, 4) is 23.4 Å². The number of Topliss-reactive ketones (excluding diaryl/α,β-unsaturated/α-hetero) is 2. The number of alkyl halides is 1. The molecule has 3 N–H and O–H groups in total. The van der Waals surface area contributed by atoms with Crippen LogP contribution in [0.4, 0.5) is 18.9 Å². The molecule has 3 unspecified atom stereocenters. The van der Waals surface area contributed by atoms with Crippen molar-refractivity contribution in [3.63, 3.8) is 0 Å². The van der Waals surface area contributed by atoms with Gasteiger partial charge in [0, 0.05) is 55.5 Å². The largest absolute Gasteiger partial charge is 0.455 e. The van der Waals surface area contributed by atoms with Gasteiger partial charge in [0.25, 0.3) is 5.67 Å². The average molecular weight is 909 g/mol. The molecule has 3 aliphatic rings. The smallest absolute Gasteiger partial charge is 0.411 e. The van der Waals surface area contributed by atoms with E-state index in [4.69, 9.17) is 29.4 Å². The summed E-state index contributed by atoms with van der Waals surface area (Å²) in [7, 11) is 5.00. The number of carbonyl (C=O) groups is 4. The highest BCUT2D eigenvalue weighted by Gasteiger charge is 2.61. The fourth-order valence-corrected chi connectivity index (χ4v) is 8.90. The number of nitrogen functional groups attached to an aromatic ring is 1. The Morgan fingerprint density at radius 1 is 1.10 bits per heavy atom. The van der Waals surface area contributed by atoms with Crippen LogP contribution in [0.3, 0.4) is 0 Å². The number of methoxy groups -OCH3 is 1. The van der Waals surface area contributed by atoms with Gasteiger partial charge in [0.15, 0.2) is 23.5 Å². The number of ether oxygens (including phenoxy) is 5. The van der Waals surface area contributed by atoms with Gasteiger partial charge in [0.2, 0.25) is 0 Å². The SMILES string of the molecule is CC[C@H]1OC(=O)[C@@](C)(F)C(=O)[C@H](C)[C@@H](O[C@@H]2OC(C)CC(N(C)C)C2O)[C@](C)(OC)C[C@@H](C)C(=O)[C@H](C)[C@H]2N(CC#CCn3cc(-c4nccc(N)n4)nn3)C(=O)O[C@]12C.CSF. The Morgan fingerprint density at radius 2 is 1.75 bits per heavy atom. The van der Waals surface area contributed by atoms with Gasteiger partial charge in [-0.05, 0) is 67.1 Å². The molecule has 18 nitrogen and oxygen atoms in total. The standard InChI is InChI=1S/C41H59FN8O10.CH3FS/c1-12-28-41(8)32(50(38(55)60-41)18-14-13-17-49-21-26(46-47-49)35-44-16-15-29(43)45-35)24(4)30(51)22(2)20-39(6,56-11)34(25(5)33(53)40(7,42)37(54)58-28)59-36-31(52)27(48(9)10)19-23(3)57-36;1-3-2/h15-16,21-25,27-28,31-32,34,36,52H,12,17-20H2,1-11H3,(H2,43,44,45);1H3/t22-,23?,24+,25+,27?,28-,31?,32-,34-,36+,39-,40+,41-;/m1./s1. The van der Waals surface area contributed by atoms with E-state index in [2.05, 4.69) is 32.1 Å². The maximum atomic E-state index is 16.9. The van der Waals surface area contributed by atoms with E-state index in [1.54, 1.807) is 40.0 Å². The highest BCUT2D eigenvalue weighted by Crippen LogP contribution is 2.43. The quantitative estimate of drug-likeness (QED) is 0.218. The van der Waals surface area contributed by atoms with Gasteiger partial charge in [-0.25, -0.2) is 28.6 Å². The van der Waals surface area contributed by atoms with E-state index >= 15 is 4.39 Å². The molecule has 0 aliphatic carbocycles. The Hall–Kier alpha value is -4.33. The molecule has 2 aromatic rings. The van der Waals surface area contributed by atoms with Crippen molar-refractivity contribution < 1.29 is 56.2 Å². The molecule has 3 fully saturated rings. The fraction of sp³-hybridized carbons (Fsp3) is 0.714. The number of cyclic esters (lactones) is 1. The number of aliphatic hydroxyl groups is 1. The molecule has 0 bridgehead atoms.